The summed E-state index contributed by atoms with van der Waals surface area (Å²) in [4.78, 5) is 12.5. The molecule has 2 aromatic carbocycles. The van der Waals surface area contributed by atoms with Gasteiger partial charge in [0.05, 0.1) is 35.0 Å². The number of hydrogen-bond acceptors (Lipinski definition) is 5. The first-order chi connectivity index (χ1) is 14.9. The lowest BCUT2D eigenvalue weighted by Crippen LogP contribution is -2.39. The van der Waals surface area contributed by atoms with Gasteiger partial charge in [0.15, 0.2) is 0 Å². The minimum absolute atomic E-state index is 0.0587. The van der Waals surface area contributed by atoms with Crippen molar-refractivity contribution in [2.24, 2.45) is 11.7 Å². The number of aliphatic hydroxyl groups excluding tert-OH is 1. The molecule has 4 rings (SSSR count). The number of carbonyl (C=O) groups is 1. The summed E-state index contributed by atoms with van der Waals surface area (Å²) in [5, 5.41) is 24.5. The minimum atomic E-state index is -0.912. The van der Waals surface area contributed by atoms with E-state index >= 15 is 0 Å². The molecule has 7 heteroatoms. The maximum Gasteiger partial charge on any atom is 0.241 e. The summed E-state index contributed by atoms with van der Waals surface area (Å²) in [5.41, 5.74) is 8.07. The largest absolute Gasteiger partial charge is 0.392 e. The summed E-state index contributed by atoms with van der Waals surface area (Å²) in [7, 11) is 0. The second kappa shape index (κ2) is 8.75. The van der Waals surface area contributed by atoms with Gasteiger partial charge in [-0.3, -0.25) is 4.79 Å². The molecule has 1 saturated heterocycles. The van der Waals surface area contributed by atoms with Crippen molar-refractivity contribution in [2.45, 2.75) is 49.8 Å². The van der Waals surface area contributed by atoms with Gasteiger partial charge in [-0.2, -0.15) is 5.26 Å². The minimum Gasteiger partial charge on any atom is -0.392 e. The Hall–Kier alpha value is -2.79. The highest BCUT2D eigenvalue weighted by Crippen LogP contribution is 2.40. The quantitative estimate of drug-likeness (QED) is 0.548. The summed E-state index contributed by atoms with van der Waals surface area (Å²) >= 11 is 0. The Balaban J connectivity index is 1.65. The maximum absolute atomic E-state index is 14.6. The third-order valence-corrected chi connectivity index (χ3v) is 6.31. The number of hydrogen-bond donors (Lipinski definition) is 4. The molecule has 1 heterocycles. The van der Waals surface area contributed by atoms with Crippen molar-refractivity contribution in [3.05, 3.63) is 65.0 Å². The summed E-state index contributed by atoms with van der Waals surface area (Å²) in [6, 6.07) is 13.3. The van der Waals surface area contributed by atoms with E-state index in [9.17, 15) is 19.6 Å². The van der Waals surface area contributed by atoms with Crippen molar-refractivity contribution in [1.82, 2.24) is 5.32 Å². The number of β-amino-alcohol motifs (C(OH)–C–C–N with tert-alkyl or cyclic N) is 1. The molecule has 31 heavy (non-hydrogen) atoms. The average Bonchev–Trinajstić information content (AvgIpc) is 3.51. The van der Waals surface area contributed by atoms with Crippen LogP contribution in [0.3, 0.4) is 0 Å². The fraction of sp³-hybridized carbons (Fsp3) is 0.417. The van der Waals surface area contributed by atoms with E-state index in [0.717, 1.165) is 12.0 Å². The predicted octanol–water partition coefficient (Wildman–Crippen LogP) is 2.75. The summed E-state index contributed by atoms with van der Waals surface area (Å²) in [6.07, 6.45) is 3.69. The number of nitriles is 1. The highest BCUT2D eigenvalue weighted by Gasteiger charge is 2.34. The van der Waals surface area contributed by atoms with E-state index in [1.54, 1.807) is 30.3 Å². The zero-order valence-electron chi connectivity index (χ0n) is 17.3. The van der Waals surface area contributed by atoms with Crippen molar-refractivity contribution in [2.75, 3.05) is 11.9 Å². The first kappa shape index (κ1) is 21.4. The van der Waals surface area contributed by atoms with Gasteiger partial charge in [-0.15, -0.1) is 0 Å². The van der Waals surface area contributed by atoms with Crippen LogP contribution in [0.1, 0.15) is 48.8 Å². The van der Waals surface area contributed by atoms with Gasteiger partial charge in [0.1, 0.15) is 5.82 Å². The number of nitrogens with one attached hydrogen (secondary N) is 2. The molecule has 0 aromatic heterocycles. The molecule has 0 bridgehead atoms. The molecule has 5 N–H and O–H groups in total. The highest BCUT2D eigenvalue weighted by atomic mass is 19.1. The normalized spacial score (nSPS) is 22.5. The van der Waals surface area contributed by atoms with Gasteiger partial charge >= 0.3 is 0 Å². The van der Waals surface area contributed by atoms with Crippen LogP contribution in [0.5, 0.6) is 0 Å². The molecule has 1 aliphatic heterocycles. The van der Waals surface area contributed by atoms with Crippen LogP contribution in [0.15, 0.2) is 42.5 Å². The lowest BCUT2D eigenvalue weighted by molar-refractivity contribution is -0.118. The first-order valence-electron chi connectivity index (χ1n) is 10.7. The van der Waals surface area contributed by atoms with Crippen LogP contribution in [0.2, 0.25) is 0 Å². The average molecular weight is 423 g/mol. The van der Waals surface area contributed by atoms with Crippen LogP contribution in [-0.2, 0) is 10.3 Å². The van der Waals surface area contributed by atoms with Crippen LogP contribution in [0, 0.1) is 23.1 Å². The van der Waals surface area contributed by atoms with Crippen LogP contribution in [0.4, 0.5) is 10.1 Å². The summed E-state index contributed by atoms with van der Waals surface area (Å²) < 4.78 is 14.6. The second-order valence-corrected chi connectivity index (χ2v) is 8.68. The topological polar surface area (TPSA) is 111 Å². The van der Waals surface area contributed by atoms with Crippen LogP contribution in [0.25, 0.3) is 0 Å². The van der Waals surface area contributed by atoms with Crippen LogP contribution >= 0.6 is 0 Å². The molecule has 2 aliphatic rings. The fourth-order valence-corrected chi connectivity index (χ4v) is 4.20. The van der Waals surface area contributed by atoms with Gasteiger partial charge in [-0.05, 0) is 60.6 Å². The van der Waals surface area contributed by atoms with Crippen molar-refractivity contribution in [3.63, 3.8) is 0 Å². The standard InChI is InChI=1S/C24H27FN4O2/c25-20-7-6-18(11-21(20)29-23(31)22-12-19(30)14-28-22)24(27,9-8-15-4-5-15)17-3-1-2-16(10-17)13-26/h1-3,6-7,10-11,15,19,22,28,30H,4-5,8-9,12,14,27H2,(H,29,31). The van der Waals surface area contributed by atoms with Crippen molar-refractivity contribution in [1.29, 1.82) is 5.26 Å². The van der Waals surface area contributed by atoms with E-state index in [4.69, 9.17) is 5.73 Å². The highest BCUT2D eigenvalue weighted by molar-refractivity contribution is 5.95. The molecule has 6 nitrogen and oxygen atoms in total. The molecule has 162 valence electrons. The Morgan fingerprint density at radius 3 is 2.74 bits per heavy atom. The molecule has 1 saturated carbocycles. The van der Waals surface area contributed by atoms with Crippen LogP contribution < -0.4 is 16.4 Å². The number of nitrogens with two attached hydrogens (primary N) is 1. The smallest absolute Gasteiger partial charge is 0.241 e. The molecule has 2 fully saturated rings. The number of aliphatic hydroxyl groups is 1. The molecular weight excluding hydrogens is 395 g/mol. The van der Waals surface area contributed by atoms with Gasteiger partial charge in [-0.1, -0.05) is 31.0 Å². The number of rotatable bonds is 7. The van der Waals surface area contributed by atoms with Crippen LogP contribution in [-0.4, -0.2) is 29.7 Å². The number of benzene rings is 2. The predicted molar refractivity (Wildman–Crippen MR) is 116 cm³/mol. The Bertz CT molecular complexity index is 1020. The van der Waals surface area contributed by atoms with E-state index in [2.05, 4.69) is 16.7 Å². The molecule has 1 aliphatic carbocycles. The van der Waals surface area contributed by atoms with Crippen molar-refractivity contribution >= 4 is 11.6 Å². The lowest BCUT2D eigenvalue weighted by Gasteiger charge is -2.32. The monoisotopic (exact) mass is 422 g/mol. The third kappa shape index (κ3) is 4.77. The lowest BCUT2D eigenvalue weighted by atomic mass is 9.79. The van der Waals surface area contributed by atoms with Gasteiger partial charge in [-0.25, -0.2) is 4.39 Å². The van der Waals surface area contributed by atoms with Gasteiger partial charge in [0.25, 0.3) is 0 Å². The zero-order valence-corrected chi connectivity index (χ0v) is 17.3. The zero-order chi connectivity index (χ0) is 22.0. The van der Waals surface area contributed by atoms with E-state index in [1.807, 2.05) is 6.07 Å². The Labute approximate surface area is 181 Å². The maximum atomic E-state index is 14.6. The van der Waals surface area contributed by atoms with E-state index in [0.29, 0.717) is 30.0 Å². The molecule has 0 spiro atoms. The summed E-state index contributed by atoms with van der Waals surface area (Å²) in [6.45, 7) is 0.336. The third-order valence-electron chi connectivity index (χ3n) is 6.31. The fourth-order valence-electron chi connectivity index (χ4n) is 4.20. The van der Waals surface area contributed by atoms with E-state index < -0.39 is 23.5 Å². The number of nitrogens with zero attached hydrogens (tertiary/aromatic N) is 1. The first-order valence-corrected chi connectivity index (χ1v) is 10.7. The molecule has 3 atom stereocenters. The number of carbonyl (C=O) groups excluding carboxylic acids is 1. The SMILES string of the molecule is N#Cc1cccc(C(N)(CCC2CC2)c2ccc(F)c(NC(=O)C3CC(O)CN3)c2)c1. The number of anilines is 1. The Morgan fingerprint density at radius 1 is 1.29 bits per heavy atom. The molecule has 0 radical (unpaired) electrons. The van der Waals surface area contributed by atoms with E-state index in [-0.39, 0.29) is 18.0 Å². The Morgan fingerprint density at radius 2 is 2.06 bits per heavy atom. The molecule has 1 amide bonds. The van der Waals surface area contributed by atoms with Gasteiger partial charge < -0.3 is 21.5 Å². The van der Waals surface area contributed by atoms with Gasteiger partial charge in [0, 0.05) is 6.54 Å². The molecule has 3 unspecified atom stereocenters. The Kier molecular flexibility index (Phi) is 6.05. The van der Waals surface area contributed by atoms with E-state index in [1.165, 1.54) is 18.9 Å². The molecule has 2 aromatic rings. The molecular formula is C24H27FN4O2. The second-order valence-electron chi connectivity index (χ2n) is 8.68. The van der Waals surface area contributed by atoms with Crippen molar-refractivity contribution in [3.8, 4) is 6.07 Å². The number of halogens is 1. The number of amides is 1. The van der Waals surface area contributed by atoms with Gasteiger partial charge in [0.2, 0.25) is 5.91 Å². The summed E-state index contributed by atoms with van der Waals surface area (Å²) in [5.74, 6) is -0.285. The van der Waals surface area contributed by atoms with Crippen molar-refractivity contribution < 1.29 is 14.3 Å².